The molecule has 0 aliphatic carbocycles. The van der Waals surface area contributed by atoms with E-state index in [-0.39, 0.29) is 11.3 Å². The predicted octanol–water partition coefficient (Wildman–Crippen LogP) is 2.03. The largest absolute Gasteiger partial charge is 0.481 e. The van der Waals surface area contributed by atoms with Gasteiger partial charge in [0.15, 0.2) is 0 Å². The zero-order valence-corrected chi connectivity index (χ0v) is 12.6. The average Bonchev–Trinajstić information content (AvgIpc) is 2.43. The third kappa shape index (κ3) is 5.30. The molecular formula is C14H21NO4S. The Labute approximate surface area is 120 Å². The van der Waals surface area contributed by atoms with Gasteiger partial charge in [-0.05, 0) is 30.0 Å². The van der Waals surface area contributed by atoms with Crippen molar-refractivity contribution in [1.29, 1.82) is 0 Å². The fourth-order valence-corrected chi connectivity index (χ4v) is 2.73. The number of carboxylic acids is 1. The second-order valence-electron chi connectivity index (χ2n) is 4.90. The van der Waals surface area contributed by atoms with E-state index in [9.17, 15) is 13.2 Å². The Hall–Kier alpha value is -1.40. The van der Waals surface area contributed by atoms with Crippen LogP contribution < -0.4 is 4.72 Å². The van der Waals surface area contributed by atoms with E-state index in [0.717, 1.165) is 12.0 Å². The van der Waals surface area contributed by atoms with Crippen molar-refractivity contribution in [2.75, 3.05) is 6.54 Å². The van der Waals surface area contributed by atoms with Crippen LogP contribution in [0.25, 0.3) is 0 Å². The minimum absolute atomic E-state index is 0.0400. The molecule has 0 radical (unpaired) electrons. The number of hydrogen-bond acceptors (Lipinski definition) is 3. The van der Waals surface area contributed by atoms with Crippen LogP contribution in [0.3, 0.4) is 0 Å². The van der Waals surface area contributed by atoms with E-state index in [1.54, 1.807) is 12.1 Å². The molecule has 1 unspecified atom stereocenters. The summed E-state index contributed by atoms with van der Waals surface area (Å²) in [5.41, 5.74) is 0.813. The van der Waals surface area contributed by atoms with Gasteiger partial charge >= 0.3 is 5.97 Å². The van der Waals surface area contributed by atoms with Gasteiger partial charge in [-0.3, -0.25) is 4.79 Å². The molecule has 1 aromatic rings. The lowest BCUT2D eigenvalue weighted by Crippen LogP contribution is -2.28. The van der Waals surface area contributed by atoms with Gasteiger partial charge in [-0.15, -0.1) is 0 Å². The first-order valence-corrected chi connectivity index (χ1v) is 8.14. The van der Waals surface area contributed by atoms with Crippen molar-refractivity contribution in [2.24, 2.45) is 5.92 Å². The molecule has 2 N–H and O–H groups in total. The zero-order chi connectivity index (χ0) is 15.2. The van der Waals surface area contributed by atoms with Crippen molar-refractivity contribution < 1.29 is 18.3 Å². The summed E-state index contributed by atoms with van der Waals surface area (Å²) in [6.07, 6.45) is 1.35. The minimum atomic E-state index is -3.48. The molecule has 0 fully saturated rings. The van der Waals surface area contributed by atoms with Crippen LogP contribution in [0.5, 0.6) is 0 Å². The number of hydrogen-bond donors (Lipinski definition) is 2. The van der Waals surface area contributed by atoms with Gasteiger partial charge in [-0.1, -0.05) is 32.4 Å². The van der Waals surface area contributed by atoms with E-state index in [1.807, 2.05) is 13.8 Å². The first-order chi connectivity index (χ1) is 9.35. The third-order valence-electron chi connectivity index (χ3n) is 3.18. The van der Waals surface area contributed by atoms with Gasteiger partial charge in [0.1, 0.15) is 0 Å². The highest BCUT2D eigenvalue weighted by Crippen LogP contribution is 2.12. The molecule has 1 atom stereocenters. The monoisotopic (exact) mass is 299 g/mol. The summed E-state index contributed by atoms with van der Waals surface area (Å²) in [6, 6.07) is 6.33. The standard InChI is InChI=1S/C14H21NO4S/c1-3-11(2)10-15-20(18,19)13-7-4-12(5-8-13)6-9-14(16)17/h4-5,7-8,11,15H,3,6,9-10H2,1-2H3,(H,16,17). The second-order valence-corrected chi connectivity index (χ2v) is 6.67. The number of benzene rings is 1. The predicted molar refractivity (Wildman–Crippen MR) is 77.0 cm³/mol. The third-order valence-corrected chi connectivity index (χ3v) is 4.62. The van der Waals surface area contributed by atoms with E-state index in [4.69, 9.17) is 5.11 Å². The van der Waals surface area contributed by atoms with Gasteiger partial charge in [-0.25, -0.2) is 13.1 Å². The first kappa shape index (κ1) is 16.7. The molecular weight excluding hydrogens is 278 g/mol. The Balaban J connectivity index is 2.69. The van der Waals surface area contributed by atoms with Crippen molar-refractivity contribution in [3.63, 3.8) is 0 Å². The summed E-state index contributed by atoms with van der Waals surface area (Å²) in [6.45, 7) is 4.41. The normalized spacial score (nSPS) is 13.1. The summed E-state index contributed by atoms with van der Waals surface area (Å²) in [4.78, 5) is 10.7. The number of nitrogens with one attached hydrogen (secondary N) is 1. The molecule has 0 saturated heterocycles. The Kier molecular flexibility index (Phi) is 6.16. The van der Waals surface area contributed by atoms with Crippen molar-refractivity contribution in [3.8, 4) is 0 Å². The SMILES string of the molecule is CCC(C)CNS(=O)(=O)c1ccc(CCC(=O)O)cc1. The van der Waals surface area contributed by atoms with E-state index in [2.05, 4.69) is 4.72 Å². The first-order valence-electron chi connectivity index (χ1n) is 6.65. The molecule has 0 amide bonds. The molecule has 5 nitrogen and oxygen atoms in total. The highest BCUT2D eigenvalue weighted by Gasteiger charge is 2.14. The lowest BCUT2D eigenvalue weighted by molar-refractivity contribution is -0.136. The van der Waals surface area contributed by atoms with Gasteiger partial charge in [-0.2, -0.15) is 0 Å². The van der Waals surface area contributed by atoms with Gasteiger partial charge in [0.25, 0.3) is 0 Å². The Morgan fingerprint density at radius 1 is 1.30 bits per heavy atom. The van der Waals surface area contributed by atoms with Crippen LogP contribution in [0, 0.1) is 5.92 Å². The maximum Gasteiger partial charge on any atom is 0.303 e. The molecule has 112 valence electrons. The van der Waals surface area contributed by atoms with Crippen LogP contribution in [0.15, 0.2) is 29.2 Å². The number of sulfonamides is 1. The van der Waals surface area contributed by atoms with Crippen molar-refractivity contribution >= 4 is 16.0 Å². The highest BCUT2D eigenvalue weighted by molar-refractivity contribution is 7.89. The van der Waals surface area contributed by atoms with Crippen molar-refractivity contribution in [2.45, 2.75) is 38.0 Å². The molecule has 6 heteroatoms. The number of aliphatic carboxylic acids is 1. The van der Waals surface area contributed by atoms with Crippen LogP contribution in [-0.2, 0) is 21.2 Å². The second kappa shape index (κ2) is 7.40. The van der Waals surface area contributed by atoms with E-state index in [0.29, 0.717) is 18.9 Å². The average molecular weight is 299 g/mol. The van der Waals surface area contributed by atoms with Gasteiger partial charge in [0, 0.05) is 13.0 Å². The molecule has 0 spiro atoms. The molecule has 0 saturated carbocycles. The van der Waals surface area contributed by atoms with Crippen LogP contribution in [-0.4, -0.2) is 26.0 Å². The van der Waals surface area contributed by atoms with Crippen molar-refractivity contribution in [3.05, 3.63) is 29.8 Å². The summed E-state index contributed by atoms with van der Waals surface area (Å²) < 4.78 is 26.6. The molecule has 20 heavy (non-hydrogen) atoms. The summed E-state index contributed by atoms with van der Waals surface area (Å²) >= 11 is 0. The van der Waals surface area contributed by atoms with E-state index in [1.165, 1.54) is 12.1 Å². The zero-order valence-electron chi connectivity index (χ0n) is 11.8. The molecule has 0 aromatic heterocycles. The highest BCUT2D eigenvalue weighted by atomic mass is 32.2. The smallest absolute Gasteiger partial charge is 0.303 e. The lowest BCUT2D eigenvalue weighted by atomic mass is 10.1. The van der Waals surface area contributed by atoms with Crippen LogP contribution in [0.4, 0.5) is 0 Å². The maximum absolute atomic E-state index is 12.0. The van der Waals surface area contributed by atoms with Gasteiger partial charge in [0.2, 0.25) is 10.0 Å². The molecule has 1 aromatic carbocycles. The number of rotatable bonds is 8. The Bertz CT molecular complexity index is 537. The molecule has 0 heterocycles. The van der Waals surface area contributed by atoms with Crippen LogP contribution in [0.2, 0.25) is 0 Å². The lowest BCUT2D eigenvalue weighted by Gasteiger charge is -2.11. The fraction of sp³-hybridized carbons (Fsp3) is 0.500. The summed E-state index contributed by atoms with van der Waals surface area (Å²) in [5.74, 6) is -0.573. The van der Waals surface area contributed by atoms with Crippen LogP contribution in [0.1, 0.15) is 32.3 Å². The molecule has 0 bridgehead atoms. The molecule has 1 rings (SSSR count). The fourth-order valence-electron chi connectivity index (χ4n) is 1.57. The van der Waals surface area contributed by atoms with Gasteiger partial charge < -0.3 is 5.11 Å². The van der Waals surface area contributed by atoms with Gasteiger partial charge in [0.05, 0.1) is 4.90 Å². The van der Waals surface area contributed by atoms with Crippen molar-refractivity contribution in [1.82, 2.24) is 4.72 Å². The maximum atomic E-state index is 12.0. The van der Waals surface area contributed by atoms with Crippen LogP contribution >= 0.6 is 0 Å². The Morgan fingerprint density at radius 2 is 1.90 bits per heavy atom. The number of aryl methyl sites for hydroxylation is 1. The summed E-state index contributed by atoms with van der Waals surface area (Å²) in [5, 5.41) is 8.60. The quantitative estimate of drug-likeness (QED) is 0.769. The van der Waals surface area contributed by atoms with E-state index < -0.39 is 16.0 Å². The topological polar surface area (TPSA) is 83.5 Å². The van der Waals surface area contributed by atoms with E-state index >= 15 is 0 Å². The molecule has 0 aliphatic rings. The molecule has 0 aliphatic heterocycles. The summed E-state index contributed by atoms with van der Waals surface area (Å²) in [7, 11) is -3.48. The number of carbonyl (C=O) groups is 1. The number of carboxylic acid groups (broad SMARTS) is 1. The Morgan fingerprint density at radius 3 is 2.40 bits per heavy atom. The minimum Gasteiger partial charge on any atom is -0.481 e.